The molecular weight excluding hydrogens is 266 g/mol. The van der Waals surface area contributed by atoms with Crippen molar-refractivity contribution in [3.05, 3.63) is 53.9 Å². The molecule has 0 unspecified atom stereocenters. The van der Waals surface area contributed by atoms with Gasteiger partial charge in [-0.2, -0.15) is 0 Å². The van der Waals surface area contributed by atoms with E-state index in [1.165, 1.54) is 5.56 Å². The van der Waals surface area contributed by atoms with Crippen molar-refractivity contribution in [3.63, 3.8) is 0 Å². The molecule has 21 heavy (non-hydrogen) atoms. The van der Waals surface area contributed by atoms with Crippen LogP contribution in [0.25, 0.3) is 0 Å². The van der Waals surface area contributed by atoms with Gasteiger partial charge in [-0.05, 0) is 30.7 Å². The van der Waals surface area contributed by atoms with Gasteiger partial charge in [-0.25, -0.2) is 0 Å². The zero-order valence-electron chi connectivity index (χ0n) is 12.2. The first-order valence-corrected chi connectivity index (χ1v) is 6.75. The van der Waals surface area contributed by atoms with E-state index in [4.69, 9.17) is 4.74 Å². The summed E-state index contributed by atoms with van der Waals surface area (Å²) in [6.07, 6.45) is 3.23. The molecule has 5 nitrogen and oxygen atoms in total. The number of nitrogens with zero attached hydrogens (tertiary/aromatic N) is 1. The van der Waals surface area contributed by atoms with Gasteiger partial charge in [-0.3, -0.25) is 9.78 Å². The van der Waals surface area contributed by atoms with Crippen LogP contribution in [0, 0.1) is 6.92 Å². The number of methoxy groups -OCH3 is 1. The minimum absolute atomic E-state index is 0.160. The number of amides is 1. The van der Waals surface area contributed by atoms with E-state index in [-0.39, 0.29) is 5.91 Å². The Morgan fingerprint density at radius 1 is 1.24 bits per heavy atom. The summed E-state index contributed by atoms with van der Waals surface area (Å²) in [4.78, 5) is 16.0. The van der Waals surface area contributed by atoms with E-state index in [0.717, 1.165) is 11.4 Å². The van der Waals surface area contributed by atoms with E-state index in [9.17, 15) is 4.79 Å². The Hall–Kier alpha value is -2.40. The van der Waals surface area contributed by atoms with Crippen molar-refractivity contribution in [2.45, 2.75) is 6.92 Å². The van der Waals surface area contributed by atoms with Crippen LogP contribution in [0.1, 0.15) is 15.9 Å². The summed E-state index contributed by atoms with van der Waals surface area (Å²) >= 11 is 0. The fourth-order valence-corrected chi connectivity index (χ4v) is 1.89. The predicted molar refractivity (Wildman–Crippen MR) is 82.9 cm³/mol. The molecule has 110 valence electrons. The van der Waals surface area contributed by atoms with Crippen molar-refractivity contribution < 1.29 is 9.53 Å². The van der Waals surface area contributed by atoms with Crippen LogP contribution in [0.15, 0.2) is 42.7 Å². The van der Waals surface area contributed by atoms with Gasteiger partial charge in [0, 0.05) is 25.5 Å². The van der Waals surface area contributed by atoms with Gasteiger partial charge in [-0.15, -0.1) is 0 Å². The first-order chi connectivity index (χ1) is 10.2. The molecule has 0 fully saturated rings. The maximum absolute atomic E-state index is 11.9. The SMILES string of the molecule is COCCNC(=O)c1cncc(Nc2cccc(C)c2)c1. The van der Waals surface area contributed by atoms with Crippen LogP contribution in [0.3, 0.4) is 0 Å². The van der Waals surface area contributed by atoms with Gasteiger partial charge in [0.15, 0.2) is 0 Å². The Kier molecular flexibility index (Phi) is 5.29. The average molecular weight is 285 g/mol. The monoisotopic (exact) mass is 285 g/mol. The highest BCUT2D eigenvalue weighted by Crippen LogP contribution is 2.17. The number of hydrogen-bond acceptors (Lipinski definition) is 4. The molecule has 0 spiro atoms. The van der Waals surface area contributed by atoms with Crippen molar-refractivity contribution in [1.29, 1.82) is 0 Å². The van der Waals surface area contributed by atoms with E-state index in [2.05, 4.69) is 15.6 Å². The number of carbonyl (C=O) groups excluding carboxylic acids is 1. The van der Waals surface area contributed by atoms with Gasteiger partial charge in [0.2, 0.25) is 0 Å². The Morgan fingerprint density at radius 2 is 2.10 bits per heavy atom. The second-order valence-corrected chi connectivity index (χ2v) is 4.71. The molecule has 0 saturated heterocycles. The molecule has 0 aliphatic carbocycles. The van der Waals surface area contributed by atoms with Crippen LogP contribution >= 0.6 is 0 Å². The zero-order chi connectivity index (χ0) is 15.1. The van der Waals surface area contributed by atoms with E-state index in [0.29, 0.717) is 18.7 Å². The lowest BCUT2D eigenvalue weighted by Gasteiger charge is -2.09. The fourth-order valence-electron chi connectivity index (χ4n) is 1.89. The Morgan fingerprint density at radius 3 is 2.86 bits per heavy atom. The molecule has 0 atom stereocenters. The summed E-state index contributed by atoms with van der Waals surface area (Å²) in [5.41, 5.74) is 3.43. The lowest BCUT2D eigenvalue weighted by atomic mass is 10.2. The smallest absolute Gasteiger partial charge is 0.253 e. The minimum Gasteiger partial charge on any atom is -0.383 e. The lowest BCUT2D eigenvalue weighted by molar-refractivity contribution is 0.0937. The number of anilines is 2. The Balaban J connectivity index is 2.05. The number of rotatable bonds is 6. The number of aryl methyl sites for hydroxylation is 1. The van der Waals surface area contributed by atoms with Crippen molar-refractivity contribution in [2.75, 3.05) is 25.6 Å². The molecular formula is C16H19N3O2. The summed E-state index contributed by atoms with van der Waals surface area (Å²) < 4.78 is 4.90. The summed E-state index contributed by atoms with van der Waals surface area (Å²) in [6, 6.07) is 9.79. The van der Waals surface area contributed by atoms with Crippen LogP contribution in [-0.2, 0) is 4.74 Å². The largest absolute Gasteiger partial charge is 0.383 e. The molecule has 5 heteroatoms. The molecule has 1 aromatic heterocycles. The highest BCUT2D eigenvalue weighted by molar-refractivity contribution is 5.94. The summed E-state index contributed by atoms with van der Waals surface area (Å²) in [5, 5.41) is 6.01. The second kappa shape index (κ2) is 7.40. The van der Waals surface area contributed by atoms with Gasteiger partial charge in [0.05, 0.1) is 24.1 Å². The van der Waals surface area contributed by atoms with Crippen molar-refractivity contribution in [3.8, 4) is 0 Å². The fraction of sp³-hybridized carbons (Fsp3) is 0.250. The number of ether oxygens (including phenoxy) is 1. The third-order valence-electron chi connectivity index (χ3n) is 2.90. The summed E-state index contributed by atoms with van der Waals surface area (Å²) in [6.45, 7) is 2.99. The molecule has 0 radical (unpaired) electrons. The maximum Gasteiger partial charge on any atom is 0.253 e. The normalized spacial score (nSPS) is 10.2. The highest BCUT2D eigenvalue weighted by atomic mass is 16.5. The van der Waals surface area contributed by atoms with Crippen molar-refractivity contribution in [2.24, 2.45) is 0 Å². The molecule has 0 aliphatic heterocycles. The number of benzene rings is 1. The first-order valence-electron chi connectivity index (χ1n) is 6.75. The molecule has 0 saturated carbocycles. The highest BCUT2D eigenvalue weighted by Gasteiger charge is 2.06. The molecule has 2 rings (SSSR count). The third-order valence-corrected chi connectivity index (χ3v) is 2.90. The zero-order valence-corrected chi connectivity index (χ0v) is 12.2. The summed E-state index contributed by atoms with van der Waals surface area (Å²) in [5.74, 6) is -0.160. The van der Waals surface area contributed by atoms with Crippen molar-refractivity contribution in [1.82, 2.24) is 10.3 Å². The maximum atomic E-state index is 11.9. The molecule has 1 aromatic carbocycles. The molecule has 2 N–H and O–H groups in total. The number of nitrogens with one attached hydrogen (secondary N) is 2. The Bertz CT molecular complexity index is 614. The van der Waals surface area contributed by atoms with Crippen molar-refractivity contribution >= 4 is 17.3 Å². The minimum atomic E-state index is -0.160. The second-order valence-electron chi connectivity index (χ2n) is 4.71. The number of pyridine rings is 1. The molecule has 0 bridgehead atoms. The van der Waals surface area contributed by atoms with Gasteiger partial charge in [-0.1, -0.05) is 12.1 Å². The Labute approximate surface area is 124 Å². The van der Waals surface area contributed by atoms with Crippen LogP contribution in [0.5, 0.6) is 0 Å². The number of carbonyl (C=O) groups is 1. The van der Waals surface area contributed by atoms with Crippen LogP contribution < -0.4 is 10.6 Å². The van der Waals surface area contributed by atoms with Gasteiger partial charge >= 0.3 is 0 Å². The lowest BCUT2D eigenvalue weighted by Crippen LogP contribution is -2.27. The van der Waals surface area contributed by atoms with E-state index in [1.54, 1.807) is 25.6 Å². The molecule has 1 amide bonds. The molecule has 1 heterocycles. The van der Waals surface area contributed by atoms with Gasteiger partial charge < -0.3 is 15.4 Å². The quantitative estimate of drug-likeness (QED) is 0.801. The number of aromatic nitrogens is 1. The first kappa shape index (κ1) is 15.0. The summed E-state index contributed by atoms with van der Waals surface area (Å²) in [7, 11) is 1.60. The van der Waals surface area contributed by atoms with Crippen LogP contribution in [0.4, 0.5) is 11.4 Å². The third kappa shape index (κ3) is 4.57. The molecule has 0 aliphatic rings. The molecule has 2 aromatic rings. The van der Waals surface area contributed by atoms with E-state index >= 15 is 0 Å². The van der Waals surface area contributed by atoms with Crippen LogP contribution in [-0.4, -0.2) is 31.2 Å². The predicted octanol–water partition coefficient (Wildman–Crippen LogP) is 2.51. The van der Waals surface area contributed by atoms with Crippen LogP contribution in [0.2, 0.25) is 0 Å². The topological polar surface area (TPSA) is 63.2 Å². The van der Waals surface area contributed by atoms with E-state index < -0.39 is 0 Å². The standard InChI is InChI=1S/C16H19N3O2/c1-12-4-3-5-14(8-12)19-15-9-13(10-17-11-15)16(20)18-6-7-21-2/h3-5,8-11,19H,6-7H2,1-2H3,(H,18,20). The number of hydrogen-bond donors (Lipinski definition) is 2. The van der Waals surface area contributed by atoms with Gasteiger partial charge in [0.25, 0.3) is 5.91 Å². The van der Waals surface area contributed by atoms with E-state index in [1.807, 2.05) is 31.2 Å². The van der Waals surface area contributed by atoms with Gasteiger partial charge in [0.1, 0.15) is 0 Å². The average Bonchev–Trinajstić information content (AvgIpc) is 2.48.